The Hall–Kier alpha value is -3.40. The SMILES string of the molecule is COc1ccc(C(=O)/C=C/c2nc(C)n3ccccc23)c2ccccc12. The smallest absolute Gasteiger partial charge is 0.186 e. The zero-order chi connectivity index (χ0) is 18.1. The molecule has 4 nitrogen and oxygen atoms in total. The van der Waals surface area contributed by atoms with Gasteiger partial charge >= 0.3 is 0 Å². The van der Waals surface area contributed by atoms with Gasteiger partial charge < -0.3 is 9.14 Å². The summed E-state index contributed by atoms with van der Waals surface area (Å²) < 4.78 is 7.41. The normalized spacial score (nSPS) is 11.5. The number of hydrogen-bond donors (Lipinski definition) is 0. The second kappa shape index (κ2) is 6.48. The predicted molar refractivity (Wildman–Crippen MR) is 104 cm³/mol. The summed E-state index contributed by atoms with van der Waals surface area (Å²) >= 11 is 0. The number of allylic oxidation sites excluding steroid dienone is 1. The highest BCUT2D eigenvalue weighted by Gasteiger charge is 2.11. The number of pyridine rings is 1. The number of benzene rings is 2. The molecule has 0 saturated heterocycles. The summed E-state index contributed by atoms with van der Waals surface area (Å²) in [6, 6.07) is 17.3. The van der Waals surface area contributed by atoms with Crippen LogP contribution in [0.25, 0.3) is 22.4 Å². The predicted octanol–water partition coefficient (Wildman–Crippen LogP) is 4.70. The van der Waals surface area contributed by atoms with Gasteiger partial charge in [-0.3, -0.25) is 4.79 Å². The number of carbonyl (C=O) groups is 1. The van der Waals surface area contributed by atoms with Crippen molar-refractivity contribution in [2.45, 2.75) is 6.92 Å². The Morgan fingerprint density at radius 2 is 1.81 bits per heavy atom. The molecule has 4 aromatic rings. The zero-order valence-electron chi connectivity index (χ0n) is 14.6. The second-order valence-corrected chi connectivity index (χ2v) is 6.06. The molecule has 0 N–H and O–H groups in total. The van der Waals surface area contributed by atoms with Crippen LogP contribution in [0.4, 0.5) is 0 Å². The standard InChI is InChI=1S/C22H18N2O2/c1-15-23-19(20-9-5-6-14-24(15)20)11-12-21(25)17-10-13-22(26-2)18-8-4-3-7-16(17)18/h3-14H,1-2H3/b12-11+. The highest BCUT2D eigenvalue weighted by atomic mass is 16.5. The maximum Gasteiger partial charge on any atom is 0.186 e. The minimum Gasteiger partial charge on any atom is -0.496 e. The fourth-order valence-electron chi connectivity index (χ4n) is 3.25. The highest BCUT2D eigenvalue weighted by Crippen LogP contribution is 2.29. The Morgan fingerprint density at radius 1 is 1.04 bits per heavy atom. The number of ether oxygens (including phenoxy) is 1. The number of aryl methyl sites for hydroxylation is 1. The number of nitrogens with zero attached hydrogens (tertiary/aromatic N) is 2. The van der Waals surface area contributed by atoms with E-state index in [1.54, 1.807) is 19.3 Å². The summed E-state index contributed by atoms with van der Waals surface area (Å²) in [4.78, 5) is 17.4. The van der Waals surface area contributed by atoms with E-state index in [-0.39, 0.29) is 5.78 Å². The van der Waals surface area contributed by atoms with Crippen LogP contribution in [0.5, 0.6) is 5.75 Å². The summed E-state index contributed by atoms with van der Waals surface area (Å²) in [5, 5.41) is 1.81. The van der Waals surface area contributed by atoms with Crippen molar-refractivity contribution in [3.63, 3.8) is 0 Å². The lowest BCUT2D eigenvalue weighted by Crippen LogP contribution is -1.97. The molecular formula is C22H18N2O2. The molecule has 2 aromatic carbocycles. The van der Waals surface area contributed by atoms with E-state index in [1.165, 1.54) is 0 Å². The summed E-state index contributed by atoms with van der Waals surface area (Å²) in [5.74, 6) is 1.60. The Kier molecular flexibility index (Phi) is 4.01. The largest absolute Gasteiger partial charge is 0.496 e. The van der Waals surface area contributed by atoms with E-state index in [0.29, 0.717) is 5.56 Å². The van der Waals surface area contributed by atoms with Crippen LogP contribution < -0.4 is 4.74 Å². The van der Waals surface area contributed by atoms with E-state index >= 15 is 0 Å². The number of carbonyl (C=O) groups excluding carboxylic acids is 1. The molecule has 4 heteroatoms. The van der Waals surface area contributed by atoms with Gasteiger partial charge in [0, 0.05) is 17.1 Å². The first-order valence-corrected chi connectivity index (χ1v) is 8.41. The molecule has 0 saturated carbocycles. The molecular weight excluding hydrogens is 324 g/mol. The monoisotopic (exact) mass is 342 g/mol. The molecule has 0 amide bonds. The van der Waals surface area contributed by atoms with Crippen LogP contribution in [0.15, 0.2) is 66.9 Å². The topological polar surface area (TPSA) is 43.6 Å². The van der Waals surface area contributed by atoms with Crippen molar-refractivity contribution in [1.29, 1.82) is 0 Å². The van der Waals surface area contributed by atoms with E-state index in [1.807, 2.05) is 72.1 Å². The lowest BCUT2D eigenvalue weighted by molar-refractivity contribution is 0.104. The third-order valence-electron chi connectivity index (χ3n) is 4.52. The van der Waals surface area contributed by atoms with Crippen LogP contribution in [-0.4, -0.2) is 22.3 Å². The van der Waals surface area contributed by atoms with Gasteiger partial charge in [0.15, 0.2) is 5.78 Å². The maximum atomic E-state index is 12.8. The van der Waals surface area contributed by atoms with Crippen molar-refractivity contribution in [2.24, 2.45) is 0 Å². The van der Waals surface area contributed by atoms with Crippen LogP contribution >= 0.6 is 0 Å². The first-order chi connectivity index (χ1) is 12.7. The second-order valence-electron chi connectivity index (χ2n) is 6.06. The fourth-order valence-corrected chi connectivity index (χ4v) is 3.25. The first kappa shape index (κ1) is 16.1. The van der Waals surface area contributed by atoms with Crippen molar-refractivity contribution >= 4 is 28.1 Å². The molecule has 2 aromatic heterocycles. The number of imidazole rings is 1. The van der Waals surface area contributed by atoms with Crippen molar-refractivity contribution in [3.05, 3.63) is 84.0 Å². The number of rotatable bonds is 4. The molecule has 0 fully saturated rings. The van der Waals surface area contributed by atoms with Gasteiger partial charge in [0.1, 0.15) is 11.6 Å². The quantitative estimate of drug-likeness (QED) is 0.399. The molecule has 0 aliphatic heterocycles. The lowest BCUT2D eigenvalue weighted by Gasteiger charge is -2.08. The molecule has 128 valence electrons. The maximum absolute atomic E-state index is 12.8. The van der Waals surface area contributed by atoms with E-state index < -0.39 is 0 Å². The Balaban J connectivity index is 1.75. The van der Waals surface area contributed by atoms with Crippen LogP contribution in [-0.2, 0) is 0 Å². The summed E-state index contributed by atoms with van der Waals surface area (Å²) in [6.45, 7) is 1.95. The third-order valence-corrected chi connectivity index (χ3v) is 4.52. The minimum atomic E-state index is -0.0569. The van der Waals surface area contributed by atoms with Gasteiger partial charge in [-0.2, -0.15) is 0 Å². The van der Waals surface area contributed by atoms with Crippen molar-refractivity contribution in [1.82, 2.24) is 9.38 Å². The van der Waals surface area contributed by atoms with Gasteiger partial charge in [-0.1, -0.05) is 30.3 Å². The number of ketones is 1. The van der Waals surface area contributed by atoms with Crippen LogP contribution in [0.1, 0.15) is 21.9 Å². The van der Waals surface area contributed by atoms with Crippen molar-refractivity contribution in [2.75, 3.05) is 7.11 Å². The van der Waals surface area contributed by atoms with Gasteiger partial charge in [0.05, 0.1) is 18.3 Å². The number of aromatic nitrogens is 2. The summed E-state index contributed by atoms with van der Waals surface area (Å²) in [5.41, 5.74) is 2.42. The number of fused-ring (bicyclic) bond motifs is 2. The molecule has 4 rings (SSSR count). The zero-order valence-corrected chi connectivity index (χ0v) is 14.6. The van der Waals surface area contributed by atoms with Crippen LogP contribution in [0.3, 0.4) is 0 Å². The molecule has 0 atom stereocenters. The van der Waals surface area contributed by atoms with E-state index in [9.17, 15) is 4.79 Å². The molecule has 0 aliphatic carbocycles. The molecule has 0 aliphatic rings. The Bertz CT molecular complexity index is 1160. The van der Waals surface area contributed by atoms with Crippen LogP contribution in [0, 0.1) is 6.92 Å². The molecule has 0 radical (unpaired) electrons. The lowest BCUT2D eigenvalue weighted by atomic mass is 10.00. The highest BCUT2D eigenvalue weighted by molar-refractivity contribution is 6.15. The molecule has 0 bridgehead atoms. The van der Waals surface area contributed by atoms with Gasteiger partial charge in [0.25, 0.3) is 0 Å². The van der Waals surface area contributed by atoms with E-state index in [4.69, 9.17) is 4.74 Å². The molecule has 26 heavy (non-hydrogen) atoms. The Morgan fingerprint density at radius 3 is 2.62 bits per heavy atom. The molecule has 0 unspecified atom stereocenters. The van der Waals surface area contributed by atoms with E-state index in [0.717, 1.165) is 33.6 Å². The summed E-state index contributed by atoms with van der Waals surface area (Å²) in [7, 11) is 1.63. The van der Waals surface area contributed by atoms with E-state index in [2.05, 4.69) is 4.98 Å². The summed E-state index contributed by atoms with van der Waals surface area (Å²) in [6.07, 6.45) is 5.33. The average molecular weight is 342 g/mol. The molecule has 2 heterocycles. The van der Waals surface area contributed by atoms with Gasteiger partial charge in [-0.25, -0.2) is 4.98 Å². The van der Waals surface area contributed by atoms with Crippen molar-refractivity contribution in [3.8, 4) is 5.75 Å². The number of methoxy groups -OCH3 is 1. The fraction of sp³-hybridized carbons (Fsp3) is 0.0909. The average Bonchev–Trinajstić information content (AvgIpc) is 3.01. The number of hydrogen-bond acceptors (Lipinski definition) is 3. The third kappa shape index (κ3) is 2.65. The van der Waals surface area contributed by atoms with Crippen LogP contribution in [0.2, 0.25) is 0 Å². The molecule has 0 spiro atoms. The first-order valence-electron chi connectivity index (χ1n) is 8.41. The Labute approximate surface area is 151 Å². The van der Waals surface area contributed by atoms with Gasteiger partial charge in [0.2, 0.25) is 0 Å². The van der Waals surface area contributed by atoms with Crippen molar-refractivity contribution < 1.29 is 9.53 Å². The van der Waals surface area contributed by atoms with Gasteiger partial charge in [-0.05, 0) is 48.7 Å². The van der Waals surface area contributed by atoms with Gasteiger partial charge in [-0.15, -0.1) is 0 Å². The minimum absolute atomic E-state index is 0.0569.